The molecule has 8 nitrogen and oxygen atoms in total. The van der Waals surface area contributed by atoms with Gasteiger partial charge in [-0.1, -0.05) is 11.6 Å². The van der Waals surface area contributed by atoms with Crippen LogP contribution in [0.5, 0.6) is 0 Å². The first kappa shape index (κ1) is 18.0. The third-order valence-corrected chi connectivity index (χ3v) is 6.52. The quantitative estimate of drug-likeness (QED) is 0.657. The fraction of sp³-hybridized carbons (Fsp3) is 0.294. The van der Waals surface area contributed by atoms with Crippen LogP contribution < -0.4 is 0 Å². The summed E-state index contributed by atoms with van der Waals surface area (Å²) in [5.74, 6) is 0.518. The summed E-state index contributed by atoms with van der Waals surface area (Å²) in [5.41, 5.74) is 1.28. The highest BCUT2D eigenvalue weighted by molar-refractivity contribution is 7.89. The van der Waals surface area contributed by atoms with Crippen molar-refractivity contribution >= 4 is 21.6 Å². The zero-order valence-corrected chi connectivity index (χ0v) is 16.0. The Morgan fingerprint density at radius 2 is 1.93 bits per heavy atom. The van der Waals surface area contributed by atoms with Gasteiger partial charge in [-0.15, -0.1) is 10.2 Å². The lowest BCUT2D eigenvalue weighted by Crippen LogP contribution is -2.28. The van der Waals surface area contributed by atoms with Gasteiger partial charge in [0, 0.05) is 24.3 Å². The van der Waals surface area contributed by atoms with Gasteiger partial charge in [-0.3, -0.25) is 4.98 Å². The highest BCUT2D eigenvalue weighted by Gasteiger charge is 2.35. The zero-order chi connectivity index (χ0) is 19.0. The first-order chi connectivity index (χ1) is 12.9. The molecule has 0 radical (unpaired) electrons. The van der Waals surface area contributed by atoms with E-state index in [1.165, 1.54) is 16.4 Å². The summed E-state index contributed by atoms with van der Waals surface area (Å²) >= 11 is 5.84. The minimum absolute atomic E-state index is 0.160. The Labute approximate surface area is 161 Å². The molecule has 3 heterocycles. The van der Waals surface area contributed by atoms with Crippen LogP contribution in [0.15, 0.2) is 46.0 Å². The minimum Gasteiger partial charge on any atom is -0.419 e. The van der Waals surface area contributed by atoms with Crippen molar-refractivity contribution in [3.05, 3.63) is 53.3 Å². The molecule has 1 aliphatic heterocycles. The molecule has 1 aliphatic rings. The minimum atomic E-state index is -3.58. The molecule has 0 N–H and O–H groups in total. The maximum absolute atomic E-state index is 12.8. The van der Waals surface area contributed by atoms with Crippen LogP contribution in [0.4, 0.5) is 0 Å². The van der Waals surface area contributed by atoms with E-state index in [0.717, 1.165) is 5.69 Å². The van der Waals surface area contributed by atoms with Crippen LogP contribution in [0.2, 0.25) is 5.02 Å². The van der Waals surface area contributed by atoms with E-state index in [1.807, 2.05) is 6.92 Å². The van der Waals surface area contributed by atoms with Crippen molar-refractivity contribution in [1.82, 2.24) is 24.5 Å². The van der Waals surface area contributed by atoms with Crippen molar-refractivity contribution in [3.63, 3.8) is 0 Å². The molecule has 0 saturated carbocycles. The molecule has 1 atom stereocenters. The summed E-state index contributed by atoms with van der Waals surface area (Å²) in [6.45, 7) is 2.51. The number of benzene rings is 1. The molecule has 2 aromatic heterocycles. The first-order valence-corrected chi connectivity index (χ1v) is 10.1. The van der Waals surface area contributed by atoms with Gasteiger partial charge in [0.05, 0.1) is 22.7 Å². The fourth-order valence-electron chi connectivity index (χ4n) is 2.91. The first-order valence-electron chi connectivity index (χ1n) is 8.31. The number of sulfonamides is 1. The molecule has 140 valence electrons. The Morgan fingerprint density at radius 3 is 2.63 bits per heavy atom. The molecule has 1 aromatic carbocycles. The highest BCUT2D eigenvalue weighted by atomic mass is 35.5. The summed E-state index contributed by atoms with van der Waals surface area (Å²) in [4.78, 5) is 8.59. The fourth-order valence-corrected chi connectivity index (χ4v) is 4.54. The Hall–Kier alpha value is -2.36. The summed E-state index contributed by atoms with van der Waals surface area (Å²) in [6.07, 6.45) is 3.79. The SMILES string of the molecule is Cc1cnc(-c2nnc([C@@H]3CCN(S(=O)(=O)c4ccc(Cl)cc4)C3)o2)cn1. The molecule has 0 amide bonds. The molecule has 1 saturated heterocycles. The van der Waals surface area contributed by atoms with E-state index in [9.17, 15) is 8.42 Å². The lowest BCUT2D eigenvalue weighted by atomic mass is 10.1. The van der Waals surface area contributed by atoms with Crippen LogP contribution in [-0.4, -0.2) is 46.0 Å². The molecule has 0 unspecified atom stereocenters. The topological polar surface area (TPSA) is 102 Å². The van der Waals surface area contributed by atoms with Crippen LogP contribution >= 0.6 is 11.6 Å². The second-order valence-corrected chi connectivity index (χ2v) is 8.67. The molecular weight excluding hydrogens is 390 g/mol. The monoisotopic (exact) mass is 405 g/mol. The number of nitrogens with zero attached hydrogens (tertiary/aromatic N) is 5. The van der Waals surface area contributed by atoms with Gasteiger partial charge in [0.15, 0.2) is 0 Å². The predicted octanol–water partition coefficient (Wildman–Crippen LogP) is 2.67. The van der Waals surface area contributed by atoms with Gasteiger partial charge in [0.1, 0.15) is 5.69 Å². The molecule has 10 heteroatoms. The summed E-state index contributed by atoms with van der Waals surface area (Å²) in [6, 6.07) is 6.14. The van der Waals surface area contributed by atoms with Crippen molar-refractivity contribution in [3.8, 4) is 11.6 Å². The van der Waals surface area contributed by atoms with Crippen molar-refractivity contribution in [2.24, 2.45) is 0 Å². The maximum atomic E-state index is 12.8. The number of aryl methyl sites for hydroxylation is 1. The van der Waals surface area contributed by atoms with E-state index in [0.29, 0.717) is 29.6 Å². The van der Waals surface area contributed by atoms with Crippen molar-refractivity contribution in [2.75, 3.05) is 13.1 Å². The summed E-state index contributed by atoms with van der Waals surface area (Å²) in [7, 11) is -3.58. The smallest absolute Gasteiger partial charge is 0.267 e. The van der Waals surface area contributed by atoms with E-state index in [2.05, 4.69) is 20.2 Å². The number of hydrogen-bond acceptors (Lipinski definition) is 7. The van der Waals surface area contributed by atoms with Gasteiger partial charge in [0.25, 0.3) is 5.89 Å². The molecule has 1 fully saturated rings. The predicted molar refractivity (Wildman–Crippen MR) is 97.6 cm³/mol. The van der Waals surface area contributed by atoms with E-state index >= 15 is 0 Å². The Balaban J connectivity index is 1.51. The van der Waals surface area contributed by atoms with Crippen LogP contribution in [0, 0.1) is 6.92 Å². The average molecular weight is 406 g/mol. The van der Waals surface area contributed by atoms with Crippen LogP contribution in [0.1, 0.15) is 23.9 Å². The molecule has 3 aromatic rings. The van der Waals surface area contributed by atoms with Gasteiger partial charge < -0.3 is 4.42 Å². The Kier molecular flexibility index (Phi) is 4.67. The second-order valence-electron chi connectivity index (χ2n) is 6.29. The Bertz CT molecular complexity index is 1050. The van der Waals surface area contributed by atoms with E-state index in [4.69, 9.17) is 16.0 Å². The molecule has 0 bridgehead atoms. The van der Waals surface area contributed by atoms with E-state index in [1.54, 1.807) is 24.5 Å². The summed E-state index contributed by atoms with van der Waals surface area (Å²) < 4.78 is 32.7. The van der Waals surface area contributed by atoms with Crippen molar-refractivity contribution < 1.29 is 12.8 Å². The normalized spacial score (nSPS) is 18.1. The van der Waals surface area contributed by atoms with Gasteiger partial charge in [-0.2, -0.15) is 4.31 Å². The van der Waals surface area contributed by atoms with Gasteiger partial charge in [-0.05, 0) is 37.6 Å². The number of rotatable bonds is 4. The lowest BCUT2D eigenvalue weighted by Gasteiger charge is -2.16. The third-order valence-electron chi connectivity index (χ3n) is 4.39. The highest BCUT2D eigenvalue weighted by Crippen LogP contribution is 2.31. The van der Waals surface area contributed by atoms with Gasteiger partial charge in [-0.25, -0.2) is 13.4 Å². The van der Waals surface area contributed by atoms with Crippen molar-refractivity contribution in [1.29, 1.82) is 0 Å². The lowest BCUT2D eigenvalue weighted by molar-refractivity contribution is 0.439. The standard InChI is InChI=1S/C17H16ClN5O3S/c1-11-8-20-15(9-19-11)17-22-21-16(26-17)12-6-7-23(10-12)27(24,25)14-4-2-13(18)3-5-14/h2-5,8-9,12H,6-7,10H2,1H3/t12-/m1/s1. The summed E-state index contributed by atoms with van der Waals surface area (Å²) in [5, 5.41) is 8.58. The second kappa shape index (κ2) is 6.99. The zero-order valence-electron chi connectivity index (χ0n) is 14.4. The maximum Gasteiger partial charge on any atom is 0.267 e. The number of hydrogen-bond donors (Lipinski definition) is 0. The van der Waals surface area contributed by atoms with E-state index in [-0.39, 0.29) is 23.2 Å². The van der Waals surface area contributed by atoms with Gasteiger partial charge in [0.2, 0.25) is 15.9 Å². The largest absolute Gasteiger partial charge is 0.419 e. The third kappa shape index (κ3) is 3.58. The van der Waals surface area contributed by atoms with Crippen molar-refractivity contribution in [2.45, 2.75) is 24.2 Å². The molecular formula is C17H16ClN5O3S. The van der Waals surface area contributed by atoms with Crippen LogP contribution in [-0.2, 0) is 10.0 Å². The molecule has 0 aliphatic carbocycles. The Morgan fingerprint density at radius 1 is 1.15 bits per heavy atom. The van der Waals surface area contributed by atoms with Crippen LogP contribution in [0.3, 0.4) is 0 Å². The van der Waals surface area contributed by atoms with E-state index < -0.39 is 10.0 Å². The number of halogens is 1. The molecule has 4 rings (SSSR count). The number of aromatic nitrogens is 4. The van der Waals surface area contributed by atoms with Gasteiger partial charge >= 0.3 is 0 Å². The molecule has 27 heavy (non-hydrogen) atoms. The average Bonchev–Trinajstić information content (AvgIpc) is 3.32. The molecule has 0 spiro atoms. The van der Waals surface area contributed by atoms with Crippen LogP contribution in [0.25, 0.3) is 11.6 Å².